The van der Waals surface area contributed by atoms with Crippen LogP contribution in [0.3, 0.4) is 0 Å². The topological polar surface area (TPSA) is 69.5 Å². The number of aromatic amines is 1. The van der Waals surface area contributed by atoms with E-state index in [1.165, 1.54) is 12.8 Å². The molecule has 1 fully saturated rings. The molecule has 5 nitrogen and oxygen atoms in total. The predicted octanol–water partition coefficient (Wildman–Crippen LogP) is 2.77. The molecule has 1 aromatic rings. The van der Waals surface area contributed by atoms with Gasteiger partial charge in [-0.15, -0.1) is 0 Å². The largest absolute Gasteiger partial charge is 0.451 e. The van der Waals surface area contributed by atoms with Crippen molar-refractivity contribution in [3.05, 3.63) is 24.4 Å². The second kappa shape index (κ2) is 8.09. The summed E-state index contributed by atoms with van der Waals surface area (Å²) in [6.45, 7) is 4.04. The maximum absolute atomic E-state index is 12.5. The number of rotatable bonds is 9. The van der Waals surface area contributed by atoms with Crippen molar-refractivity contribution in [2.45, 2.75) is 58.0 Å². The fraction of sp³-hybridized carbons (Fsp3) is 0.611. The van der Waals surface area contributed by atoms with Gasteiger partial charge in [0.05, 0.1) is 12.1 Å². The molecule has 126 valence electrons. The van der Waals surface area contributed by atoms with E-state index in [1.807, 2.05) is 18.2 Å². The Morgan fingerprint density at radius 1 is 1.39 bits per heavy atom. The summed E-state index contributed by atoms with van der Waals surface area (Å²) in [5, 5.41) is 3.04. The van der Waals surface area contributed by atoms with E-state index < -0.39 is 5.60 Å². The van der Waals surface area contributed by atoms with Crippen molar-refractivity contribution >= 4 is 17.6 Å². The minimum atomic E-state index is -0.992. The van der Waals surface area contributed by atoms with Crippen molar-refractivity contribution in [1.82, 2.24) is 0 Å². The molecule has 0 saturated carbocycles. The number of ether oxygens (including phenoxy) is 1. The smallest absolute Gasteiger partial charge is 0.310 e. The molecule has 2 heterocycles. The van der Waals surface area contributed by atoms with Gasteiger partial charge in [-0.3, -0.25) is 14.9 Å². The number of carbonyl (C=O) groups is 2. The van der Waals surface area contributed by atoms with E-state index in [0.29, 0.717) is 6.42 Å². The lowest BCUT2D eigenvalue weighted by atomic mass is 9.89. The standard InChI is InChI=1S/C18H26N2O3/c1-3-4-5-6-9-14-12-18(2,23-17(14)22)15(21)13-20-16-10-7-8-11-19-16/h7-8,10-11,14H,3-6,9,12-13H2,1-2H3,(H,19,20)/p+1/t14-,18+/m0/s1. The van der Waals surface area contributed by atoms with Gasteiger partial charge in [0.1, 0.15) is 6.54 Å². The van der Waals surface area contributed by atoms with Gasteiger partial charge in [0.25, 0.3) is 5.82 Å². The molecule has 0 unspecified atom stereocenters. The number of Topliss-reactive ketones (excluding diaryl/α,β-unsaturated/α-hetero) is 1. The van der Waals surface area contributed by atoms with Crippen LogP contribution in [0.1, 0.15) is 52.4 Å². The predicted molar refractivity (Wildman–Crippen MR) is 87.9 cm³/mol. The maximum atomic E-state index is 12.5. The maximum Gasteiger partial charge on any atom is 0.310 e. The number of nitrogens with one attached hydrogen (secondary N) is 2. The van der Waals surface area contributed by atoms with Crippen LogP contribution in [-0.4, -0.2) is 23.9 Å². The average Bonchev–Trinajstić information content (AvgIpc) is 2.85. The third kappa shape index (κ3) is 4.78. The molecule has 5 heteroatoms. The van der Waals surface area contributed by atoms with E-state index in [9.17, 15) is 9.59 Å². The molecular weight excluding hydrogens is 292 g/mol. The van der Waals surface area contributed by atoms with Crippen LogP contribution in [0.15, 0.2) is 24.4 Å². The van der Waals surface area contributed by atoms with Crippen LogP contribution < -0.4 is 10.3 Å². The number of unbranched alkanes of at least 4 members (excludes halogenated alkanes) is 3. The van der Waals surface area contributed by atoms with Gasteiger partial charge in [0, 0.05) is 12.5 Å². The molecule has 0 aliphatic carbocycles. The molecule has 0 amide bonds. The second-order valence-corrected chi connectivity index (χ2v) is 6.46. The fourth-order valence-corrected chi connectivity index (χ4v) is 2.97. The number of anilines is 1. The minimum absolute atomic E-state index is 0.0841. The highest BCUT2D eigenvalue weighted by Crippen LogP contribution is 2.34. The molecule has 0 spiro atoms. The molecule has 0 radical (unpaired) electrons. The van der Waals surface area contributed by atoms with Gasteiger partial charge in [0.15, 0.2) is 5.60 Å². The number of carbonyl (C=O) groups excluding carboxylic acids is 2. The Bertz CT molecular complexity index is 532. The summed E-state index contributed by atoms with van der Waals surface area (Å²) in [4.78, 5) is 27.5. The van der Waals surface area contributed by atoms with Crippen LogP contribution >= 0.6 is 0 Å². The number of ketones is 1. The van der Waals surface area contributed by atoms with Crippen LogP contribution in [0.25, 0.3) is 0 Å². The lowest BCUT2D eigenvalue weighted by Gasteiger charge is -2.19. The fourth-order valence-electron chi connectivity index (χ4n) is 2.97. The third-order valence-corrected chi connectivity index (χ3v) is 4.44. The third-order valence-electron chi connectivity index (χ3n) is 4.44. The highest BCUT2D eigenvalue weighted by molar-refractivity contribution is 5.94. The Labute approximate surface area is 137 Å². The van der Waals surface area contributed by atoms with E-state index >= 15 is 0 Å². The summed E-state index contributed by atoms with van der Waals surface area (Å²) in [6, 6.07) is 5.61. The number of aromatic nitrogens is 1. The lowest BCUT2D eigenvalue weighted by molar-refractivity contribution is -0.361. The SMILES string of the molecule is CCCCCC[C@H]1C[C@](C)(C(=O)CNc2cccc[nH+]2)OC1=O. The molecule has 0 bridgehead atoms. The van der Waals surface area contributed by atoms with E-state index in [4.69, 9.17) is 4.74 Å². The van der Waals surface area contributed by atoms with Gasteiger partial charge in [-0.25, -0.2) is 4.98 Å². The first-order valence-electron chi connectivity index (χ1n) is 8.52. The first-order valence-corrected chi connectivity index (χ1v) is 8.52. The Morgan fingerprint density at radius 2 is 2.22 bits per heavy atom. The summed E-state index contributed by atoms with van der Waals surface area (Å²) < 4.78 is 5.43. The zero-order valence-corrected chi connectivity index (χ0v) is 14.1. The van der Waals surface area contributed by atoms with Crippen molar-refractivity contribution in [3.8, 4) is 0 Å². The van der Waals surface area contributed by atoms with Gasteiger partial charge in [-0.1, -0.05) is 38.7 Å². The molecule has 0 aromatic carbocycles. The molecule has 2 rings (SSSR count). The Kier molecular flexibility index (Phi) is 6.13. The quantitative estimate of drug-likeness (QED) is 0.561. The summed E-state index contributed by atoms with van der Waals surface area (Å²) >= 11 is 0. The Balaban J connectivity index is 1.83. The van der Waals surface area contributed by atoms with Crippen LogP contribution in [0.4, 0.5) is 5.82 Å². The van der Waals surface area contributed by atoms with E-state index in [2.05, 4.69) is 17.2 Å². The zero-order valence-electron chi connectivity index (χ0n) is 14.1. The summed E-state index contributed by atoms with van der Waals surface area (Å²) in [6.07, 6.45) is 7.63. The summed E-state index contributed by atoms with van der Waals surface area (Å²) in [7, 11) is 0. The summed E-state index contributed by atoms with van der Waals surface area (Å²) in [5.41, 5.74) is -0.992. The van der Waals surface area contributed by atoms with E-state index in [1.54, 1.807) is 13.1 Å². The number of hydrogen-bond acceptors (Lipinski definition) is 4. The zero-order chi connectivity index (χ0) is 16.7. The van der Waals surface area contributed by atoms with Gasteiger partial charge in [-0.2, -0.15) is 0 Å². The molecule has 1 aromatic heterocycles. The van der Waals surface area contributed by atoms with E-state index in [0.717, 1.165) is 25.1 Å². The first kappa shape index (κ1) is 17.4. The van der Waals surface area contributed by atoms with Gasteiger partial charge < -0.3 is 4.74 Å². The molecule has 2 atom stereocenters. The Hall–Kier alpha value is -1.91. The number of esters is 1. The van der Waals surface area contributed by atoms with Crippen molar-refractivity contribution in [2.75, 3.05) is 11.9 Å². The first-order chi connectivity index (χ1) is 11.0. The average molecular weight is 319 g/mol. The normalized spacial score (nSPS) is 23.6. The highest BCUT2D eigenvalue weighted by Gasteiger charge is 2.48. The Morgan fingerprint density at radius 3 is 2.91 bits per heavy atom. The number of cyclic esters (lactones) is 1. The van der Waals surface area contributed by atoms with Crippen LogP contribution in [0, 0.1) is 5.92 Å². The van der Waals surface area contributed by atoms with Crippen LogP contribution in [0.5, 0.6) is 0 Å². The van der Waals surface area contributed by atoms with E-state index in [-0.39, 0.29) is 24.2 Å². The van der Waals surface area contributed by atoms with Gasteiger partial charge in [-0.05, 0) is 19.4 Å². The number of hydrogen-bond donors (Lipinski definition) is 1. The molecule has 23 heavy (non-hydrogen) atoms. The van der Waals surface area contributed by atoms with Crippen LogP contribution in [0.2, 0.25) is 0 Å². The second-order valence-electron chi connectivity index (χ2n) is 6.46. The molecule has 2 N–H and O–H groups in total. The van der Waals surface area contributed by atoms with Crippen molar-refractivity contribution in [2.24, 2.45) is 5.92 Å². The molecule has 1 aliphatic rings. The summed E-state index contributed by atoms with van der Waals surface area (Å²) in [5.74, 6) is 0.330. The number of pyridine rings is 1. The monoisotopic (exact) mass is 319 g/mol. The molecule has 1 saturated heterocycles. The molecule has 1 aliphatic heterocycles. The number of H-pyrrole nitrogens is 1. The van der Waals surface area contributed by atoms with Gasteiger partial charge in [0.2, 0.25) is 5.78 Å². The van der Waals surface area contributed by atoms with Crippen molar-refractivity contribution in [3.63, 3.8) is 0 Å². The minimum Gasteiger partial charge on any atom is -0.451 e. The van der Waals surface area contributed by atoms with Gasteiger partial charge >= 0.3 is 5.97 Å². The van der Waals surface area contributed by atoms with Crippen LogP contribution in [-0.2, 0) is 14.3 Å². The lowest BCUT2D eigenvalue weighted by Crippen LogP contribution is -2.39. The highest BCUT2D eigenvalue weighted by atomic mass is 16.6. The molecular formula is C18H27N2O3+. The van der Waals surface area contributed by atoms with Crippen molar-refractivity contribution in [1.29, 1.82) is 0 Å². The van der Waals surface area contributed by atoms with Crippen molar-refractivity contribution < 1.29 is 19.3 Å².